The van der Waals surface area contributed by atoms with Crippen molar-refractivity contribution < 1.29 is 18.6 Å². The fourth-order valence-corrected chi connectivity index (χ4v) is 2.20. The van der Waals surface area contributed by atoms with Crippen molar-refractivity contribution >= 4 is 0 Å². The van der Waals surface area contributed by atoms with Gasteiger partial charge in [0.25, 0.3) is 0 Å². The summed E-state index contributed by atoms with van der Waals surface area (Å²) < 4.78 is 32.2. The van der Waals surface area contributed by atoms with Gasteiger partial charge in [-0.2, -0.15) is 8.78 Å². The maximum atomic E-state index is 13.8. The Hall–Kier alpha value is -1.04. The molecular formula is C13H17F2NO2. The van der Waals surface area contributed by atoms with Crippen molar-refractivity contribution in [2.45, 2.75) is 24.7 Å². The first-order chi connectivity index (χ1) is 8.47. The van der Waals surface area contributed by atoms with Crippen LogP contribution in [0.25, 0.3) is 0 Å². The minimum atomic E-state index is -3.26. The Morgan fingerprint density at radius 1 is 1.33 bits per heavy atom. The Balaban J connectivity index is 2.03. The van der Waals surface area contributed by atoms with Gasteiger partial charge in [0.05, 0.1) is 6.54 Å². The quantitative estimate of drug-likeness (QED) is 0.839. The van der Waals surface area contributed by atoms with Gasteiger partial charge in [-0.1, -0.05) is 30.3 Å². The van der Waals surface area contributed by atoms with Crippen LogP contribution in [0.5, 0.6) is 0 Å². The summed E-state index contributed by atoms with van der Waals surface area (Å²) in [7, 11) is 1.11. The molecule has 2 rings (SSSR count). The Bertz CT molecular complexity index is 399. The second kappa shape index (κ2) is 4.91. The summed E-state index contributed by atoms with van der Waals surface area (Å²) in [5, 5.41) is 9.69. The Morgan fingerprint density at radius 2 is 2.00 bits per heavy atom. The molecule has 1 atom stereocenters. The lowest BCUT2D eigenvalue weighted by Gasteiger charge is -2.42. The normalized spacial score (nSPS) is 28.2. The highest BCUT2D eigenvalue weighted by atomic mass is 19.3. The van der Waals surface area contributed by atoms with E-state index in [1.807, 2.05) is 30.3 Å². The summed E-state index contributed by atoms with van der Waals surface area (Å²) >= 11 is 0. The van der Waals surface area contributed by atoms with Crippen LogP contribution >= 0.6 is 0 Å². The molecule has 0 radical (unpaired) electrons. The number of benzene rings is 1. The molecule has 1 fully saturated rings. The highest BCUT2D eigenvalue weighted by Gasteiger charge is 2.56. The summed E-state index contributed by atoms with van der Waals surface area (Å²) in [6.07, 6.45) is -0.0939. The van der Waals surface area contributed by atoms with E-state index >= 15 is 0 Å². The molecular weight excluding hydrogens is 240 g/mol. The average molecular weight is 257 g/mol. The van der Waals surface area contributed by atoms with E-state index in [4.69, 9.17) is 0 Å². The van der Waals surface area contributed by atoms with Gasteiger partial charge in [0, 0.05) is 26.6 Å². The lowest BCUT2D eigenvalue weighted by Crippen LogP contribution is -2.60. The molecule has 1 heterocycles. The maximum Gasteiger partial charge on any atom is 0.313 e. The number of halogens is 2. The van der Waals surface area contributed by atoms with Gasteiger partial charge in [0.15, 0.2) is 0 Å². The van der Waals surface area contributed by atoms with Crippen LogP contribution in [0, 0.1) is 0 Å². The van der Waals surface area contributed by atoms with E-state index in [0.717, 1.165) is 12.7 Å². The highest BCUT2D eigenvalue weighted by Crippen LogP contribution is 2.37. The fourth-order valence-electron chi connectivity index (χ4n) is 2.20. The molecule has 0 aromatic heterocycles. The molecule has 1 aliphatic rings. The number of aliphatic hydroxyl groups is 1. The van der Waals surface area contributed by atoms with Gasteiger partial charge in [-0.05, 0) is 5.56 Å². The second-order valence-corrected chi connectivity index (χ2v) is 4.64. The first kappa shape index (κ1) is 13.4. The monoisotopic (exact) mass is 257 g/mol. The smallest absolute Gasteiger partial charge is 0.313 e. The first-order valence-corrected chi connectivity index (χ1v) is 5.88. The third kappa shape index (κ3) is 2.53. The number of hydrogen-bond acceptors (Lipinski definition) is 3. The molecule has 0 aliphatic carbocycles. The van der Waals surface area contributed by atoms with Crippen LogP contribution < -0.4 is 0 Å². The Labute approximate surface area is 105 Å². The van der Waals surface area contributed by atoms with Crippen LogP contribution in [0.2, 0.25) is 0 Å². The van der Waals surface area contributed by atoms with Gasteiger partial charge >= 0.3 is 5.92 Å². The number of alkyl halides is 2. The van der Waals surface area contributed by atoms with Crippen LogP contribution in [-0.4, -0.2) is 41.9 Å². The minimum Gasteiger partial charge on any atom is -0.361 e. The summed E-state index contributed by atoms with van der Waals surface area (Å²) in [6, 6.07) is 9.44. The zero-order valence-electron chi connectivity index (χ0n) is 10.3. The molecule has 0 bridgehead atoms. The number of nitrogens with zero attached hydrogens (tertiary/aromatic N) is 1. The van der Waals surface area contributed by atoms with Crippen LogP contribution in [0.3, 0.4) is 0 Å². The average Bonchev–Trinajstić information content (AvgIpc) is 2.35. The largest absolute Gasteiger partial charge is 0.361 e. The molecule has 1 aromatic rings. The zero-order valence-corrected chi connectivity index (χ0v) is 10.3. The van der Waals surface area contributed by atoms with Gasteiger partial charge in [-0.15, -0.1) is 0 Å². The van der Waals surface area contributed by atoms with Crippen molar-refractivity contribution in [3.8, 4) is 0 Å². The number of piperidine rings is 1. The van der Waals surface area contributed by atoms with E-state index in [2.05, 4.69) is 4.74 Å². The fraction of sp³-hybridized carbons (Fsp3) is 0.538. The van der Waals surface area contributed by atoms with E-state index in [-0.39, 0.29) is 6.42 Å². The van der Waals surface area contributed by atoms with Crippen molar-refractivity contribution in [1.29, 1.82) is 0 Å². The molecule has 1 aromatic carbocycles. The molecule has 1 unspecified atom stereocenters. The standard InChI is InChI=1S/C13H17F2NO2/c1-18-13(17)7-8-16(10-12(13,14)15)9-11-5-3-2-4-6-11/h2-6,17H,7-10H2,1H3. The maximum absolute atomic E-state index is 13.8. The van der Waals surface area contributed by atoms with Crippen molar-refractivity contribution in [3.05, 3.63) is 35.9 Å². The molecule has 1 N–H and O–H groups in total. The van der Waals surface area contributed by atoms with Crippen LogP contribution in [0.1, 0.15) is 12.0 Å². The van der Waals surface area contributed by atoms with Crippen LogP contribution in [0.15, 0.2) is 30.3 Å². The van der Waals surface area contributed by atoms with E-state index in [9.17, 15) is 13.9 Å². The molecule has 1 aliphatic heterocycles. The SMILES string of the molecule is COC1(O)CCN(Cc2ccccc2)CC1(F)F. The number of rotatable bonds is 3. The van der Waals surface area contributed by atoms with Crippen LogP contribution in [0.4, 0.5) is 8.78 Å². The summed E-state index contributed by atoms with van der Waals surface area (Å²) in [4.78, 5) is 1.63. The molecule has 1 saturated heterocycles. The molecule has 0 amide bonds. The third-order valence-electron chi connectivity index (χ3n) is 3.35. The molecule has 3 nitrogen and oxygen atoms in total. The molecule has 18 heavy (non-hydrogen) atoms. The van der Waals surface area contributed by atoms with Crippen LogP contribution in [-0.2, 0) is 11.3 Å². The van der Waals surface area contributed by atoms with Gasteiger partial charge in [0.2, 0.25) is 5.79 Å². The molecule has 5 heteroatoms. The highest BCUT2D eigenvalue weighted by molar-refractivity contribution is 5.14. The van der Waals surface area contributed by atoms with E-state index in [1.165, 1.54) is 0 Å². The van der Waals surface area contributed by atoms with Gasteiger partial charge in [-0.3, -0.25) is 4.90 Å². The Morgan fingerprint density at radius 3 is 2.56 bits per heavy atom. The predicted molar refractivity (Wildman–Crippen MR) is 63.2 cm³/mol. The minimum absolute atomic E-state index is 0.0939. The topological polar surface area (TPSA) is 32.7 Å². The van der Waals surface area contributed by atoms with E-state index in [0.29, 0.717) is 13.1 Å². The number of hydrogen-bond donors (Lipinski definition) is 1. The van der Waals surface area contributed by atoms with Gasteiger partial charge in [-0.25, -0.2) is 0 Å². The van der Waals surface area contributed by atoms with Crippen molar-refractivity contribution in [3.63, 3.8) is 0 Å². The van der Waals surface area contributed by atoms with Crippen molar-refractivity contribution in [2.75, 3.05) is 20.2 Å². The summed E-state index contributed by atoms with van der Waals surface area (Å²) in [5.41, 5.74) is 0.983. The van der Waals surface area contributed by atoms with Gasteiger partial charge in [0.1, 0.15) is 0 Å². The van der Waals surface area contributed by atoms with Crippen molar-refractivity contribution in [1.82, 2.24) is 4.90 Å². The summed E-state index contributed by atoms with van der Waals surface area (Å²) in [5.74, 6) is -5.59. The van der Waals surface area contributed by atoms with E-state index < -0.39 is 18.3 Å². The zero-order chi connectivity index (χ0) is 13.2. The number of likely N-dealkylation sites (tertiary alicyclic amines) is 1. The third-order valence-corrected chi connectivity index (χ3v) is 3.35. The number of ether oxygens (including phenoxy) is 1. The molecule has 0 saturated carbocycles. The Kier molecular flexibility index (Phi) is 3.66. The second-order valence-electron chi connectivity index (χ2n) is 4.64. The number of methoxy groups -OCH3 is 1. The van der Waals surface area contributed by atoms with Gasteiger partial charge < -0.3 is 9.84 Å². The summed E-state index contributed by atoms with van der Waals surface area (Å²) in [6.45, 7) is 0.345. The van der Waals surface area contributed by atoms with E-state index in [1.54, 1.807) is 4.90 Å². The molecule has 0 spiro atoms. The van der Waals surface area contributed by atoms with Crippen molar-refractivity contribution in [2.24, 2.45) is 0 Å². The molecule has 100 valence electrons. The first-order valence-electron chi connectivity index (χ1n) is 5.88. The lowest BCUT2D eigenvalue weighted by atomic mass is 9.99. The predicted octanol–water partition coefficient (Wildman–Crippen LogP) is 1.86. The lowest BCUT2D eigenvalue weighted by molar-refractivity contribution is -0.329.